The third-order valence-electron chi connectivity index (χ3n) is 2.44. The van der Waals surface area contributed by atoms with E-state index in [1.807, 2.05) is 12.1 Å². The van der Waals surface area contributed by atoms with E-state index in [1.165, 1.54) is 0 Å². The summed E-state index contributed by atoms with van der Waals surface area (Å²) in [6.07, 6.45) is 1.08. The lowest BCUT2D eigenvalue weighted by Crippen LogP contribution is -2.27. The average Bonchev–Trinajstić information content (AvgIpc) is 2.26. The molecule has 0 saturated carbocycles. The minimum atomic E-state index is -0.0105. The summed E-state index contributed by atoms with van der Waals surface area (Å²) < 4.78 is 0. The summed E-state index contributed by atoms with van der Waals surface area (Å²) >= 11 is 4.17. The number of carbonyl (C=O) groups excluding carboxylic acids is 1. The van der Waals surface area contributed by atoms with Gasteiger partial charge in [0, 0.05) is 17.0 Å². The molecule has 1 unspecified atom stereocenters. The van der Waals surface area contributed by atoms with Crippen molar-refractivity contribution in [2.45, 2.75) is 25.2 Å². The third-order valence-corrected chi connectivity index (χ3v) is 2.74. The van der Waals surface area contributed by atoms with Crippen LogP contribution in [-0.2, 0) is 0 Å². The SMILES string of the molecule is CCC(C)CNC(=O)c1ccc(S)cc1. The first-order chi connectivity index (χ1) is 7.13. The van der Waals surface area contributed by atoms with E-state index in [2.05, 4.69) is 31.8 Å². The first-order valence-corrected chi connectivity index (χ1v) is 5.65. The Hall–Kier alpha value is -0.960. The molecule has 3 heteroatoms. The van der Waals surface area contributed by atoms with Crippen molar-refractivity contribution < 1.29 is 4.79 Å². The van der Waals surface area contributed by atoms with Crippen LogP contribution in [0.15, 0.2) is 29.2 Å². The number of carbonyl (C=O) groups is 1. The van der Waals surface area contributed by atoms with Crippen molar-refractivity contribution in [3.63, 3.8) is 0 Å². The minimum absolute atomic E-state index is 0.0105. The molecule has 0 radical (unpaired) electrons. The van der Waals surface area contributed by atoms with Crippen LogP contribution in [0.1, 0.15) is 30.6 Å². The summed E-state index contributed by atoms with van der Waals surface area (Å²) in [5.41, 5.74) is 0.691. The van der Waals surface area contributed by atoms with Gasteiger partial charge in [0.15, 0.2) is 0 Å². The van der Waals surface area contributed by atoms with Gasteiger partial charge in [-0.25, -0.2) is 0 Å². The van der Waals surface area contributed by atoms with E-state index >= 15 is 0 Å². The summed E-state index contributed by atoms with van der Waals surface area (Å²) in [6, 6.07) is 7.21. The fraction of sp³-hybridized carbons (Fsp3) is 0.417. The molecule has 15 heavy (non-hydrogen) atoms. The van der Waals surface area contributed by atoms with Crippen LogP contribution in [-0.4, -0.2) is 12.5 Å². The Balaban J connectivity index is 2.50. The zero-order chi connectivity index (χ0) is 11.3. The van der Waals surface area contributed by atoms with Gasteiger partial charge in [0.2, 0.25) is 0 Å². The first kappa shape index (κ1) is 12.1. The highest BCUT2D eigenvalue weighted by molar-refractivity contribution is 7.80. The third kappa shape index (κ3) is 3.96. The van der Waals surface area contributed by atoms with Crippen LogP contribution < -0.4 is 5.32 Å². The molecule has 0 aliphatic carbocycles. The zero-order valence-corrected chi connectivity index (χ0v) is 10.1. The van der Waals surface area contributed by atoms with E-state index in [0.29, 0.717) is 11.5 Å². The van der Waals surface area contributed by atoms with Crippen LogP contribution in [0.2, 0.25) is 0 Å². The molecule has 0 aliphatic heterocycles. The topological polar surface area (TPSA) is 29.1 Å². The van der Waals surface area contributed by atoms with E-state index in [4.69, 9.17) is 0 Å². The lowest BCUT2D eigenvalue weighted by Gasteiger charge is -2.10. The van der Waals surface area contributed by atoms with Crippen molar-refractivity contribution in [2.24, 2.45) is 5.92 Å². The first-order valence-electron chi connectivity index (χ1n) is 5.20. The van der Waals surface area contributed by atoms with Crippen molar-refractivity contribution in [3.8, 4) is 0 Å². The second-order valence-corrected chi connectivity index (χ2v) is 4.29. The maximum absolute atomic E-state index is 11.6. The average molecular weight is 223 g/mol. The Morgan fingerprint density at radius 3 is 2.53 bits per heavy atom. The summed E-state index contributed by atoms with van der Waals surface area (Å²) in [5, 5.41) is 2.91. The lowest BCUT2D eigenvalue weighted by molar-refractivity contribution is 0.0948. The molecular formula is C12H17NOS. The predicted octanol–water partition coefficient (Wildman–Crippen LogP) is 2.75. The second-order valence-electron chi connectivity index (χ2n) is 3.77. The van der Waals surface area contributed by atoms with Gasteiger partial charge in [0.05, 0.1) is 0 Å². The molecule has 1 rings (SSSR count). The maximum atomic E-state index is 11.6. The van der Waals surface area contributed by atoms with Gasteiger partial charge in [-0.05, 0) is 30.2 Å². The van der Waals surface area contributed by atoms with Crippen LogP contribution >= 0.6 is 12.6 Å². The molecule has 0 heterocycles. The van der Waals surface area contributed by atoms with Gasteiger partial charge >= 0.3 is 0 Å². The van der Waals surface area contributed by atoms with Crippen molar-refractivity contribution in [2.75, 3.05) is 6.54 Å². The quantitative estimate of drug-likeness (QED) is 0.755. The van der Waals surface area contributed by atoms with E-state index in [9.17, 15) is 4.79 Å². The Kier molecular flexibility index (Phi) is 4.69. The van der Waals surface area contributed by atoms with Gasteiger partial charge in [-0.15, -0.1) is 12.6 Å². The van der Waals surface area contributed by atoms with Crippen LogP contribution in [0.5, 0.6) is 0 Å². The minimum Gasteiger partial charge on any atom is -0.352 e. The fourth-order valence-corrected chi connectivity index (χ4v) is 1.28. The van der Waals surface area contributed by atoms with E-state index in [0.717, 1.165) is 17.9 Å². The highest BCUT2D eigenvalue weighted by Gasteiger charge is 2.05. The number of hydrogen-bond donors (Lipinski definition) is 2. The van der Waals surface area contributed by atoms with Crippen LogP contribution in [0.25, 0.3) is 0 Å². The predicted molar refractivity (Wildman–Crippen MR) is 65.5 cm³/mol. The number of nitrogens with one attached hydrogen (secondary N) is 1. The van der Waals surface area contributed by atoms with Crippen LogP contribution in [0.4, 0.5) is 0 Å². The van der Waals surface area contributed by atoms with Gasteiger partial charge < -0.3 is 5.32 Å². The highest BCUT2D eigenvalue weighted by Crippen LogP contribution is 2.07. The summed E-state index contributed by atoms with van der Waals surface area (Å²) in [7, 11) is 0. The van der Waals surface area contributed by atoms with Crippen molar-refractivity contribution in [1.29, 1.82) is 0 Å². The molecule has 0 aromatic heterocycles. The Labute approximate surface area is 96.5 Å². The van der Waals surface area contributed by atoms with Crippen LogP contribution in [0.3, 0.4) is 0 Å². The molecule has 0 aliphatic rings. The summed E-state index contributed by atoms with van der Waals surface area (Å²) in [6.45, 7) is 4.97. The van der Waals surface area contributed by atoms with Gasteiger partial charge in [0.1, 0.15) is 0 Å². The molecule has 2 nitrogen and oxygen atoms in total. The second kappa shape index (κ2) is 5.81. The zero-order valence-electron chi connectivity index (χ0n) is 9.16. The maximum Gasteiger partial charge on any atom is 0.251 e. The Bertz CT molecular complexity index is 321. The summed E-state index contributed by atoms with van der Waals surface area (Å²) in [4.78, 5) is 12.5. The molecule has 1 aromatic carbocycles. The van der Waals surface area contributed by atoms with Crippen molar-refractivity contribution in [3.05, 3.63) is 29.8 Å². The van der Waals surface area contributed by atoms with Crippen LogP contribution in [0, 0.1) is 5.92 Å². The molecule has 82 valence electrons. The molecule has 1 atom stereocenters. The number of rotatable bonds is 4. The van der Waals surface area contributed by atoms with E-state index < -0.39 is 0 Å². The molecule has 0 saturated heterocycles. The molecule has 1 amide bonds. The molecule has 1 N–H and O–H groups in total. The monoisotopic (exact) mass is 223 g/mol. The van der Waals surface area contributed by atoms with E-state index in [-0.39, 0.29) is 5.91 Å². The Morgan fingerprint density at radius 2 is 2.00 bits per heavy atom. The smallest absolute Gasteiger partial charge is 0.251 e. The molecular weight excluding hydrogens is 206 g/mol. The normalized spacial score (nSPS) is 12.2. The molecule has 1 aromatic rings. The van der Waals surface area contributed by atoms with Gasteiger partial charge in [-0.2, -0.15) is 0 Å². The van der Waals surface area contributed by atoms with Gasteiger partial charge in [0.25, 0.3) is 5.91 Å². The number of benzene rings is 1. The standard InChI is InChI=1S/C12H17NOS/c1-3-9(2)8-13-12(14)10-4-6-11(15)7-5-10/h4-7,9,15H,3,8H2,1-2H3,(H,13,14). The van der Waals surface area contributed by atoms with Gasteiger partial charge in [-0.1, -0.05) is 20.3 Å². The Morgan fingerprint density at radius 1 is 1.40 bits per heavy atom. The van der Waals surface area contributed by atoms with Crippen molar-refractivity contribution in [1.82, 2.24) is 5.32 Å². The van der Waals surface area contributed by atoms with E-state index in [1.54, 1.807) is 12.1 Å². The molecule has 0 spiro atoms. The number of thiol groups is 1. The highest BCUT2D eigenvalue weighted by atomic mass is 32.1. The number of hydrogen-bond acceptors (Lipinski definition) is 2. The molecule has 0 fully saturated rings. The molecule has 0 bridgehead atoms. The van der Waals surface area contributed by atoms with Gasteiger partial charge in [-0.3, -0.25) is 4.79 Å². The largest absolute Gasteiger partial charge is 0.352 e. The van der Waals surface area contributed by atoms with Crippen molar-refractivity contribution >= 4 is 18.5 Å². The fourth-order valence-electron chi connectivity index (χ4n) is 1.13. The lowest BCUT2D eigenvalue weighted by atomic mass is 10.1. The number of amides is 1. The summed E-state index contributed by atoms with van der Waals surface area (Å²) in [5.74, 6) is 0.515.